The Morgan fingerprint density at radius 2 is 0.795 bits per heavy atom. The minimum atomic E-state index is -4.69. The lowest BCUT2D eigenvalue weighted by Crippen LogP contribution is -2.47. The van der Waals surface area contributed by atoms with E-state index in [9.17, 15) is 19.0 Å². The normalized spacial score (nSPS) is 13.8. The minimum absolute atomic E-state index is 0.0188. The number of phosphoric acid groups is 1. The fourth-order valence-corrected chi connectivity index (χ4v) is 10.2. The second-order valence-corrected chi connectivity index (χ2v) is 24.3. The molecule has 0 saturated heterocycles. The van der Waals surface area contributed by atoms with Gasteiger partial charge in [-0.3, -0.25) is 14.2 Å². The lowest BCUT2D eigenvalue weighted by Gasteiger charge is -2.30. The summed E-state index contributed by atoms with van der Waals surface area (Å²) in [6, 6.07) is -0.882. The van der Waals surface area contributed by atoms with Gasteiger partial charge in [0.15, 0.2) is 0 Å². The number of hydrogen-bond donors (Lipinski definition) is 1. The number of phosphoric ester groups is 1. The van der Waals surface area contributed by atoms with E-state index in [1.54, 1.807) is 0 Å². The van der Waals surface area contributed by atoms with Crippen LogP contribution in [0.25, 0.3) is 0 Å². The molecule has 0 heterocycles. The van der Waals surface area contributed by atoms with Gasteiger partial charge in [-0.15, -0.1) is 0 Å². The summed E-state index contributed by atoms with van der Waals surface area (Å²) in [7, 11) is 1.20. The van der Waals surface area contributed by atoms with Crippen LogP contribution < -0.4 is 10.2 Å². The number of hydrogen-bond acceptors (Lipinski definition) is 7. The van der Waals surface area contributed by atoms with Gasteiger partial charge in [0.25, 0.3) is 7.82 Å². The number of rotatable bonds is 58. The van der Waals surface area contributed by atoms with Gasteiger partial charge in [0.05, 0.1) is 33.8 Å². The predicted molar refractivity (Wildman–Crippen MR) is 312 cm³/mol. The Hall–Kier alpha value is -1.51. The van der Waals surface area contributed by atoms with Gasteiger partial charge < -0.3 is 28.5 Å². The third kappa shape index (κ3) is 55.1. The fourth-order valence-electron chi connectivity index (χ4n) is 9.46. The summed E-state index contributed by atoms with van der Waals surface area (Å²) >= 11 is 0. The molecule has 9 nitrogen and oxygen atoms in total. The average Bonchev–Trinajstić information content (AvgIpc) is 3.35. The molecule has 1 amide bonds. The fraction of sp³-hybridized carbons (Fsp3) is 0.905. The van der Waals surface area contributed by atoms with Gasteiger partial charge >= 0.3 is 5.97 Å². The summed E-state index contributed by atoms with van der Waals surface area (Å²) in [5.41, 5.74) is 0. The summed E-state index contributed by atoms with van der Waals surface area (Å²) in [4.78, 5) is 39.9. The van der Waals surface area contributed by atoms with Gasteiger partial charge in [-0.05, 0) is 57.4 Å². The Kier molecular flexibility index (Phi) is 52.8. The topological polar surface area (TPSA) is 114 Å². The van der Waals surface area contributed by atoms with Crippen molar-refractivity contribution in [3.05, 3.63) is 24.3 Å². The molecular formula is C63H123N2O7P. The van der Waals surface area contributed by atoms with Gasteiger partial charge in [0.1, 0.15) is 19.3 Å². The quantitative estimate of drug-likeness (QED) is 0.0212. The van der Waals surface area contributed by atoms with Crippen LogP contribution in [0.3, 0.4) is 0 Å². The van der Waals surface area contributed by atoms with E-state index in [-0.39, 0.29) is 31.5 Å². The zero-order valence-corrected chi connectivity index (χ0v) is 50.3. The van der Waals surface area contributed by atoms with Crippen molar-refractivity contribution in [2.45, 2.75) is 328 Å². The van der Waals surface area contributed by atoms with Crippen LogP contribution in [-0.2, 0) is 27.9 Å². The first-order valence-electron chi connectivity index (χ1n) is 31.6. The monoisotopic (exact) mass is 1050 g/mol. The van der Waals surface area contributed by atoms with Crippen LogP contribution in [0.5, 0.6) is 0 Å². The van der Waals surface area contributed by atoms with Crippen molar-refractivity contribution >= 4 is 19.7 Å². The molecule has 0 bridgehead atoms. The van der Waals surface area contributed by atoms with Crippen LogP contribution in [0.15, 0.2) is 24.3 Å². The third-order valence-electron chi connectivity index (χ3n) is 14.4. The maximum absolute atomic E-state index is 13.5. The molecule has 0 radical (unpaired) electrons. The Morgan fingerprint density at radius 1 is 0.466 bits per heavy atom. The molecule has 3 unspecified atom stereocenters. The van der Waals surface area contributed by atoms with E-state index in [2.05, 4.69) is 38.2 Å². The number of ether oxygens (including phenoxy) is 1. The highest BCUT2D eigenvalue weighted by atomic mass is 31.2. The summed E-state index contributed by atoms with van der Waals surface area (Å²) in [5.74, 6) is -0.526. The average molecular weight is 1050 g/mol. The minimum Gasteiger partial charge on any atom is -0.756 e. The largest absolute Gasteiger partial charge is 0.756 e. The molecule has 3 atom stereocenters. The molecule has 0 aliphatic carbocycles. The van der Waals surface area contributed by atoms with Crippen molar-refractivity contribution < 1.29 is 37.3 Å². The third-order valence-corrected chi connectivity index (χ3v) is 15.3. The second kappa shape index (κ2) is 53.9. The summed E-state index contributed by atoms with van der Waals surface area (Å²) in [5, 5.41) is 3.03. The van der Waals surface area contributed by atoms with Crippen molar-refractivity contribution in [2.24, 2.45) is 0 Å². The van der Waals surface area contributed by atoms with Gasteiger partial charge in [-0.2, -0.15) is 0 Å². The van der Waals surface area contributed by atoms with Crippen molar-refractivity contribution in [3.63, 3.8) is 0 Å². The molecular weight excluding hydrogens is 928 g/mol. The van der Waals surface area contributed by atoms with Crippen LogP contribution in [0.4, 0.5) is 0 Å². The van der Waals surface area contributed by atoms with E-state index in [1.807, 2.05) is 33.3 Å². The van der Waals surface area contributed by atoms with E-state index in [4.69, 9.17) is 13.8 Å². The van der Waals surface area contributed by atoms with Crippen molar-refractivity contribution in [2.75, 3.05) is 40.9 Å². The number of nitrogens with zero attached hydrogens (tertiary/aromatic N) is 1. The molecule has 0 aromatic heterocycles. The first-order valence-corrected chi connectivity index (χ1v) is 33.1. The number of likely N-dealkylation sites (N-methyl/N-ethyl adjacent to an activating group) is 1. The van der Waals surface area contributed by atoms with Gasteiger partial charge in [-0.25, -0.2) is 0 Å². The zero-order valence-electron chi connectivity index (χ0n) is 49.4. The van der Waals surface area contributed by atoms with E-state index < -0.39 is 20.0 Å². The Balaban J connectivity index is 5.14. The molecule has 10 heteroatoms. The Labute approximate surface area is 454 Å². The SMILES string of the molecule is CCCCCCCC/C=C/CCCCCCCCCCCCCC(=O)NC(COP(=O)([O-])OCC[N+](C)(C)C)C(/C=C\CCCCCCCCCCC)OC(=O)CCCCCCCCCCCCCCCCC. The molecule has 0 saturated carbocycles. The number of amides is 1. The van der Waals surface area contributed by atoms with Crippen molar-refractivity contribution in [3.8, 4) is 0 Å². The van der Waals surface area contributed by atoms with E-state index >= 15 is 0 Å². The lowest BCUT2D eigenvalue weighted by molar-refractivity contribution is -0.870. The van der Waals surface area contributed by atoms with E-state index in [0.717, 1.165) is 57.8 Å². The van der Waals surface area contributed by atoms with Crippen LogP contribution >= 0.6 is 7.82 Å². The van der Waals surface area contributed by atoms with E-state index in [0.29, 0.717) is 17.4 Å². The standard InChI is InChI=1S/C63H123N2O7P/c1-7-10-13-16-19-22-25-27-29-30-31-32-33-34-36-37-40-43-46-49-52-55-62(66)64-60(59-71-73(68,69)70-58-57-65(4,5)6)61(54-51-48-45-42-39-24-21-18-15-12-9-3)72-63(67)56-53-50-47-44-41-38-35-28-26-23-20-17-14-11-8-2/h27,29,51,54,60-61H,7-26,28,30-50,52-53,55-59H2,1-6H3,(H-,64,66,68,69)/b29-27+,54-51-. The van der Waals surface area contributed by atoms with Crippen molar-refractivity contribution in [1.29, 1.82) is 0 Å². The first kappa shape index (κ1) is 71.5. The molecule has 0 fully saturated rings. The highest BCUT2D eigenvalue weighted by Gasteiger charge is 2.27. The summed E-state index contributed by atoms with van der Waals surface area (Å²) in [6.45, 7) is 6.87. The second-order valence-electron chi connectivity index (χ2n) is 22.9. The van der Waals surface area contributed by atoms with Gasteiger partial charge in [-0.1, -0.05) is 270 Å². The smallest absolute Gasteiger partial charge is 0.306 e. The lowest BCUT2D eigenvalue weighted by atomic mass is 10.0. The molecule has 0 rings (SSSR count). The maximum atomic E-state index is 13.5. The molecule has 1 N–H and O–H groups in total. The zero-order chi connectivity index (χ0) is 53.6. The van der Waals surface area contributed by atoms with Gasteiger partial charge in [0.2, 0.25) is 5.91 Å². The molecule has 432 valence electrons. The highest BCUT2D eigenvalue weighted by Crippen LogP contribution is 2.38. The number of carbonyl (C=O) groups excluding carboxylic acids is 2. The predicted octanol–water partition coefficient (Wildman–Crippen LogP) is 18.7. The molecule has 0 aliphatic heterocycles. The first-order chi connectivity index (χ1) is 35.4. The summed E-state index contributed by atoms with van der Waals surface area (Å²) in [6.07, 6.45) is 62.8. The molecule has 0 spiro atoms. The van der Waals surface area contributed by atoms with Gasteiger partial charge in [0, 0.05) is 12.8 Å². The van der Waals surface area contributed by atoms with Crippen molar-refractivity contribution in [1.82, 2.24) is 5.32 Å². The molecule has 0 aromatic rings. The van der Waals surface area contributed by atoms with Crippen LogP contribution in [0.2, 0.25) is 0 Å². The van der Waals surface area contributed by atoms with Crippen LogP contribution in [0, 0.1) is 0 Å². The molecule has 0 aliphatic rings. The molecule has 0 aromatic carbocycles. The number of nitrogens with one attached hydrogen (secondary N) is 1. The number of esters is 1. The van der Waals surface area contributed by atoms with E-state index in [1.165, 1.54) is 225 Å². The van der Waals surface area contributed by atoms with Crippen LogP contribution in [0.1, 0.15) is 316 Å². The number of carbonyl (C=O) groups is 2. The number of unbranched alkanes of at least 4 members (excludes halogenated alkanes) is 40. The highest BCUT2D eigenvalue weighted by molar-refractivity contribution is 7.45. The maximum Gasteiger partial charge on any atom is 0.306 e. The molecule has 73 heavy (non-hydrogen) atoms. The Morgan fingerprint density at radius 3 is 1.16 bits per heavy atom. The number of quaternary nitrogens is 1. The number of allylic oxidation sites excluding steroid dienone is 3. The van der Waals surface area contributed by atoms with Crippen LogP contribution in [-0.4, -0.2) is 69.4 Å². The Bertz CT molecular complexity index is 1300. The summed E-state index contributed by atoms with van der Waals surface area (Å²) < 4.78 is 30.3.